The summed E-state index contributed by atoms with van der Waals surface area (Å²) in [6, 6.07) is 9.84. The largest absolute Gasteiger partial charge is 0.461 e. The molecule has 2 saturated heterocycles. The maximum absolute atomic E-state index is 11.8. The number of rotatable bonds is 15. The fourth-order valence-electron chi connectivity index (χ4n) is 4.19. The Kier molecular flexibility index (Phi) is 9.49. The molecule has 4 atom stereocenters. The number of carbonyl (C=O) groups is 1. The summed E-state index contributed by atoms with van der Waals surface area (Å²) < 4.78 is 17.1. The second-order valence-electron chi connectivity index (χ2n) is 8.62. The van der Waals surface area contributed by atoms with Crippen LogP contribution < -0.4 is 0 Å². The van der Waals surface area contributed by atoms with E-state index in [0.717, 1.165) is 24.8 Å². The van der Waals surface area contributed by atoms with E-state index in [0.29, 0.717) is 37.4 Å². The average molecular weight is 403 g/mol. The van der Waals surface area contributed by atoms with Crippen molar-refractivity contribution in [2.24, 2.45) is 0 Å². The van der Waals surface area contributed by atoms with Crippen LogP contribution in [0.5, 0.6) is 0 Å². The van der Waals surface area contributed by atoms with Crippen LogP contribution in [-0.4, -0.2) is 30.4 Å². The molecule has 2 heterocycles. The van der Waals surface area contributed by atoms with E-state index >= 15 is 0 Å². The first-order chi connectivity index (χ1) is 14.3. The molecule has 2 fully saturated rings. The Morgan fingerprint density at radius 1 is 0.966 bits per heavy atom. The molecule has 4 unspecified atom stereocenters. The number of hydrogen-bond donors (Lipinski definition) is 0. The van der Waals surface area contributed by atoms with E-state index in [2.05, 4.69) is 6.92 Å². The van der Waals surface area contributed by atoms with Gasteiger partial charge in [0.2, 0.25) is 0 Å². The highest BCUT2D eigenvalue weighted by molar-refractivity contribution is 5.69. The molecule has 4 heteroatoms. The van der Waals surface area contributed by atoms with Gasteiger partial charge in [-0.15, -0.1) is 0 Å². The highest BCUT2D eigenvalue weighted by Crippen LogP contribution is 2.39. The number of esters is 1. The number of epoxide rings is 1. The molecule has 2 aliphatic rings. The molecule has 0 aliphatic carbocycles. The van der Waals surface area contributed by atoms with E-state index in [4.69, 9.17) is 14.2 Å². The maximum Gasteiger partial charge on any atom is 0.306 e. The van der Waals surface area contributed by atoms with E-state index in [-0.39, 0.29) is 5.97 Å². The molecule has 29 heavy (non-hydrogen) atoms. The Balaban J connectivity index is 1.10. The molecule has 3 rings (SSSR count). The van der Waals surface area contributed by atoms with Gasteiger partial charge in [0.1, 0.15) is 12.7 Å². The molecule has 4 nitrogen and oxygen atoms in total. The highest BCUT2D eigenvalue weighted by Gasteiger charge is 2.49. The molecule has 0 aromatic heterocycles. The van der Waals surface area contributed by atoms with Gasteiger partial charge in [-0.2, -0.15) is 0 Å². The number of unbranched alkanes of at least 4 members (excludes halogenated alkanes) is 6. The van der Waals surface area contributed by atoms with Crippen LogP contribution in [0, 0.1) is 0 Å². The van der Waals surface area contributed by atoms with Crippen LogP contribution in [0.4, 0.5) is 0 Å². The van der Waals surface area contributed by atoms with E-state index in [1.807, 2.05) is 30.3 Å². The van der Waals surface area contributed by atoms with E-state index in [9.17, 15) is 4.79 Å². The second kappa shape index (κ2) is 12.3. The summed E-state index contributed by atoms with van der Waals surface area (Å²) in [6.45, 7) is 2.63. The predicted octanol–water partition coefficient (Wildman–Crippen LogP) is 5.97. The van der Waals surface area contributed by atoms with Crippen molar-refractivity contribution in [2.75, 3.05) is 0 Å². The minimum absolute atomic E-state index is 0.0865. The van der Waals surface area contributed by atoms with Gasteiger partial charge in [-0.05, 0) is 24.8 Å². The van der Waals surface area contributed by atoms with E-state index in [1.54, 1.807) is 0 Å². The summed E-state index contributed by atoms with van der Waals surface area (Å²) in [7, 11) is 0. The van der Waals surface area contributed by atoms with Gasteiger partial charge in [0, 0.05) is 12.8 Å². The third-order valence-corrected chi connectivity index (χ3v) is 6.09. The smallest absolute Gasteiger partial charge is 0.306 e. The van der Waals surface area contributed by atoms with Gasteiger partial charge in [-0.3, -0.25) is 4.79 Å². The van der Waals surface area contributed by atoms with Gasteiger partial charge in [-0.25, -0.2) is 0 Å². The summed E-state index contributed by atoms with van der Waals surface area (Å²) in [5, 5.41) is 0. The van der Waals surface area contributed by atoms with Crippen molar-refractivity contribution in [1.82, 2.24) is 0 Å². The van der Waals surface area contributed by atoms with E-state index < -0.39 is 0 Å². The fourth-order valence-corrected chi connectivity index (χ4v) is 4.19. The lowest BCUT2D eigenvalue weighted by Gasteiger charge is -2.35. The summed E-state index contributed by atoms with van der Waals surface area (Å²) in [5.41, 5.74) is 1.04. The van der Waals surface area contributed by atoms with Crippen molar-refractivity contribution in [3.05, 3.63) is 35.9 Å². The van der Waals surface area contributed by atoms with Crippen LogP contribution in [0.15, 0.2) is 30.3 Å². The van der Waals surface area contributed by atoms with Gasteiger partial charge in [0.15, 0.2) is 0 Å². The predicted molar refractivity (Wildman–Crippen MR) is 115 cm³/mol. The van der Waals surface area contributed by atoms with Crippen LogP contribution in [-0.2, 0) is 25.6 Å². The Labute approximate surface area is 176 Å². The highest BCUT2D eigenvalue weighted by atomic mass is 16.6. The minimum atomic E-state index is -0.0865. The molecule has 1 aromatic carbocycles. The minimum Gasteiger partial charge on any atom is -0.461 e. The summed E-state index contributed by atoms with van der Waals surface area (Å²) in [6.07, 6.45) is 15.3. The zero-order valence-electron chi connectivity index (χ0n) is 18.0. The summed E-state index contributed by atoms with van der Waals surface area (Å²) >= 11 is 0. The monoisotopic (exact) mass is 402 g/mol. The number of benzene rings is 1. The van der Waals surface area contributed by atoms with Gasteiger partial charge < -0.3 is 14.2 Å². The van der Waals surface area contributed by atoms with Crippen molar-refractivity contribution in [3.63, 3.8) is 0 Å². The molecule has 0 saturated carbocycles. The SMILES string of the molecule is CCCCCC1CC(C2OC2CCCCCCCC(=O)OCc2ccccc2)O1. The Morgan fingerprint density at radius 3 is 2.48 bits per heavy atom. The lowest BCUT2D eigenvalue weighted by molar-refractivity contribution is -0.145. The molecule has 1 aromatic rings. The molecule has 0 spiro atoms. The van der Waals surface area contributed by atoms with Gasteiger partial charge in [0.05, 0.1) is 18.3 Å². The first kappa shape index (κ1) is 22.3. The standard InChI is InChI=1S/C25H38O4/c1-2-3-8-15-21-18-23(28-21)25-22(29-25)16-11-5-4-6-12-17-24(26)27-19-20-13-9-7-10-14-20/h7,9-10,13-14,21-23,25H,2-6,8,11-12,15-19H2,1H3. The van der Waals surface area contributed by atoms with Gasteiger partial charge in [0.25, 0.3) is 0 Å². The van der Waals surface area contributed by atoms with Gasteiger partial charge in [-0.1, -0.05) is 82.2 Å². The average Bonchev–Trinajstić information content (AvgIpc) is 3.47. The fraction of sp³-hybridized carbons (Fsp3) is 0.720. The topological polar surface area (TPSA) is 48.1 Å². The molecule has 0 radical (unpaired) electrons. The normalized spacial score (nSPS) is 25.4. The zero-order valence-corrected chi connectivity index (χ0v) is 18.0. The Bertz CT molecular complexity index is 582. The first-order valence-electron chi connectivity index (χ1n) is 11.8. The van der Waals surface area contributed by atoms with Crippen LogP contribution in [0.25, 0.3) is 0 Å². The Morgan fingerprint density at radius 2 is 1.69 bits per heavy atom. The lowest BCUT2D eigenvalue weighted by Crippen LogP contribution is -2.41. The lowest BCUT2D eigenvalue weighted by atomic mass is 9.95. The quantitative estimate of drug-likeness (QED) is 0.206. The van der Waals surface area contributed by atoms with Crippen LogP contribution >= 0.6 is 0 Å². The summed E-state index contributed by atoms with van der Waals surface area (Å²) in [4.78, 5) is 11.8. The van der Waals surface area contributed by atoms with E-state index in [1.165, 1.54) is 51.4 Å². The molecule has 0 N–H and O–H groups in total. The molecule has 2 aliphatic heterocycles. The Hall–Kier alpha value is -1.39. The first-order valence-corrected chi connectivity index (χ1v) is 11.8. The van der Waals surface area contributed by atoms with Crippen molar-refractivity contribution in [2.45, 2.75) is 115 Å². The maximum atomic E-state index is 11.8. The molecule has 0 bridgehead atoms. The zero-order chi connectivity index (χ0) is 20.3. The third-order valence-electron chi connectivity index (χ3n) is 6.09. The van der Waals surface area contributed by atoms with Gasteiger partial charge >= 0.3 is 5.97 Å². The summed E-state index contributed by atoms with van der Waals surface area (Å²) in [5.74, 6) is -0.0865. The van der Waals surface area contributed by atoms with Crippen molar-refractivity contribution < 1.29 is 19.0 Å². The van der Waals surface area contributed by atoms with Crippen molar-refractivity contribution >= 4 is 5.97 Å². The second-order valence-corrected chi connectivity index (χ2v) is 8.62. The molecule has 162 valence electrons. The van der Waals surface area contributed by atoms with Crippen molar-refractivity contribution in [1.29, 1.82) is 0 Å². The van der Waals surface area contributed by atoms with Crippen LogP contribution in [0.1, 0.15) is 89.5 Å². The third kappa shape index (κ3) is 8.10. The number of ether oxygens (including phenoxy) is 3. The van der Waals surface area contributed by atoms with Crippen LogP contribution in [0.3, 0.4) is 0 Å². The number of carbonyl (C=O) groups excluding carboxylic acids is 1. The van der Waals surface area contributed by atoms with Crippen molar-refractivity contribution in [3.8, 4) is 0 Å². The molecular formula is C25H38O4. The molecule has 0 amide bonds. The van der Waals surface area contributed by atoms with Crippen LogP contribution in [0.2, 0.25) is 0 Å². The molecular weight excluding hydrogens is 364 g/mol. The number of hydrogen-bond acceptors (Lipinski definition) is 4.